The first kappa shape index (κ1) is 27.0. The predicted molar refractivity (Wildman–Crippen MR) is 130 cm³/mol. The van der Waals surface area contributed by atoms with E-state index in [9.17, 15) is 22.8 Å². The Bertz CT molecular complexity index is 1250. The molecule has 4 rings (SSSR count). The summed E-state index contributed by atoms with van der Waals surface area (Å²) in [4.78, 5) is 23.9. The first-order valence-corrected chi connectivity index (χ1v) is 10.9. The van der Waals surface area contributed by atoms with Gasteiger partial charge < -0.3 is 20.5 Å². The molecule has 1 heterocycles. The zero-order valence-corrected chi connectivity index (χ0v) is 20.0. The summed E-state index contributed by atoms with van der Waals surface area (Å²) in [7, 11) is 1.24. The van der Waals surface area contributed by atoms with Gasteiger partial charge in [-0.15, -0.1) is 12.4 Å². The quantitative estimate of drug-likeness (QED) is 0.416. The van der Waals surface area contributed by atoms with E-state index >= 15 is 0 Å². The van der Waals surface area contributed by atoms with E-state index in [1.807, 2.05) is 0 Å². The SMILES string of the molecule is COC(=O)[C@@H](N)Cc1ccc(Oc2ccc(CC3C(=O)Nc4ccccc43)cc2C(F)(F)F)cc1.Cl. The number of methoxy groups -OCH3 is 1. The molecular weight excluding hydrogens is 497 g/mol. The van der Waals surface area contributed by atoms with E-state index in [-0.39, 0.29) is 42.7 Å². The highest BCUT2D eigenvalue weighted by Crippen LogP contribution is 2.40. The van der Waals surface area contributed by atoms with Gasteiger partial charge >= 0.3 is 12.1 Å². The lowest BCUT2D eigenvalue weighted by Crippen LogP contribution is -2.33. The Morgan fingerprint density at radius 3 is 2.39 bits per heavy atom. The molecule has 0 saturated heterocycles. The average molecular weight is 521 g/mol. The van der Waals surface area contributed by atoms with Crippen molar-refractivity contribution >= 4 is 30.0 Å². The third-order valence-electron chi connectivity index (χ3n) is 5.81. The molecule has 190 valence electrons. The smallest absolute Gasteiger partial charge is 0.419 e. The van der Waals surface area contributed by atoms with E-state index in [1.165, 1.54) is 31.4 Å². The summed E-state index contributed by atoms with van der Waals surface area (Å²) in [6.07, 6.45) is -4.32. The van der Waals surface area contributed by atoms with Crippen LogP contribution in [0.2, 0.25) is 0 Å². The molecule has 3 N–H and O–H groups in total. The predicted octanol–water partition coefficient (Wildman–Crippen LogP) is 5.24. The summed E-state index contributed by atoms with van der Waals surface area (Å²) in [5, 5.41) is 2.76. The fourth-order valence-corrected chi connectivity index (χ4v) is 4.04. The number of benzene rings is 3. The van der Waals surface area contributed by atoms with Crippen molar-refractivity contribution in [2.75, 3.05) is 12.4 Å². The second kappa shape index (κ2) is 11.0. The Kier molecular flexibility index (Phi) is 8.27. The molecule has 0 spiro atoms. The van der Waals surface area contributed by atoms with Crippen LogP contribution in [0.3, 0.4) is 0 Å². The molecule has 1 aliphatic heterocycles. The molecule has 1 aliphatic rings. The number of nitrogens with one attached hydrogen (secondary N) is 1. The van der Waals surface area contributed by atoms with E-state index in [0.29, 0.717) is 16.8 Å². The Balaban J connectivity index is 0.00000361. The van der Waals surface area contributed by atoms with Gasteiger partial charge in [-0.05, 0) is 59.9 Å². The van der Waals surface area contributed by atoms with Gasteiger partial charge in [0.2, 0.25) is 5.91 Å². The fourth-order valence-electron chi connectivity index (χ4n) is 4.04. The molecule has 3 aromatic carbocycles. The van der Waals surface area contributed by atoms with E-state index in [0.717, 1.165) is 11.6 Å². The lowest BCUT2D eigenvalue weighted by atomic mass is 9.92. The number of nitrogens with two attached hydrogens (primary N) is 1. The number of carbonyl (C=O) groups is 2. The number of anilines is 1. The largest absolute Gasteiger partial charge is 0.468 e. The zero-order valence-electron chi connectivity index (χ0n) is 19.2. The number of esters is 1. The highest BCUT2D eigenvalue weighted by molar-refractivity contribution is 6.03. The van der Waals surface area contributed by atoms with Gasteiger partial charge in [-0.2, -0.15) is 13.2 Å². The van der Waals surface area contributed by atoms with Crippen molar-refractivity contribution < 1.29 is 32.2 Å². The number of halogens is 4. The number of amides is 1. The van der Waals surface area contributed by atoms with Gasteiger partial charge in [-0.25, -0.2) is 0 Å². The Hall–Kier alpha value is -3.56. The Morgan fingerprint density at radius 1 is 1.06 bits per heavy atom. The van der Waals surface area contributed by atoms with Gasteiger partial charge in [0.1, 0.15) is 17.5 Å². The lowest BCUT2D eigenvalue weighted by Gasteiger charge is -2.17. The first-order chi connectivity index (χ1) is 16.7. The van der Waals surface area contributed by atoms with Gasteiger partial charge in [0.05, 0.1) is 18.6 Å². The second-order valence-corrected chi connectivity index (χ2v) is 8.24. The average Bonchev–Trinajstić information content (AvgIpc) is 3.14. The normalized spacial score (nSPS) is 15.4. The van der Waals surface area contributed by atoms with E-state index in [2.05, 4.69) is 10.1 Å². The van der Waals surface area contributed by atoms with Crippen LogP contribution in [0.4, 0.5) is 18.9 Å². The first-order valence-electron chi connectivity index (χ1n) is 10.9. The number of hydrogen-bond donors (Lipinski definition) is 2. The number of fused-ring (bicyclic) bond motifs is 1. The molecule has 0 saturated carbocycles. The van der Waals surface area contributed by atoms with Crippen LogP contribution in [-0.2, 0) is 33.3 Å². The Morgan fingerprint density at radius 2 is 1.72 bits per heavy atom. The monoisotopic (exact) mass is 520 g/mol. The van der Waals surface area contributed by atoms with Crippen LogP contribution in [0.5, 0.6) is 11.5 Å². The molecule has 0 aromatic heterocycles. The van der Waals surface area contributed by atoms with Crippen LogP contribution in [0.15, 0.2) is 66.7 Å². The van der Waals surface area contributed by atoms with Gasteiger partial charge in [-0.3, -0.25) is 9.59 Å². The number of para-hydroxylation sites is 1. The maximum absolute atomic E-state index is 13.9. The van der Waals surface area contributed by atoms with Crippen molar-refractivity contribution in [1.82, 2.24) is 0 Å². The van der Waals surface area contributed by atoms with Crippen molar-refractivity contribution in [1.29, 1.82) is 0 Å². The lowest BCUT2D eigenvalue weighted by molar-refractivity contribution is -0.142. The van der Waals surface area contributed by atoms with Crippen LogP contribution in [0, 0.1) is 0 Å². The van der Waals surface area contributed by atoms with Crippen LogP contribution < -0.4 is 15.8 Å². The number of hydrogen-bond acceptors (Lipinski definition) is 5. The number of ether oxygens (including phenoxy) is 2. The van der Waals surface area contributed by atoms with Gasteiger partial charge in [-0.1, -0.05) is 36.4 Å². The van der Waals surface area contributed by atoms with Crippen molar-refractivity contribution in [3.8, 4) is 11.5 Å². The van der Waals surface area contributed by atoms with Gasteiger partial charge in [0.25, 0.3) is 0 Å². The molecule has 36 heavy (non-hydrogen) atoms. The van der Waals surface area contributed by atoms with E-state index in [4.69, 9.17) is 10.5 Å². The minimum Gasteiger partial charge on any atom is -0.468 e. The van der Waals surface area contributed by atoms with Crippen molar-refractivity contribution in [2.24, 2.45) is 5.73 Å². The van der Waals surface area contributed by atoms with E-state index < -0.39 is 29.7 Å². The minimum absolute atomic E-state index is 0. The number of alkyl halides is 3. The molecule has 1 unspecified atom stereocenters. The fraction of sp³-hybridized carbons (Fsp3) is 0.231. The standard InChI is InChI=1S/C26H23F3N2O4.ClH/c1-34-25(33)21(30)14-15-6-9-17(10-7-15)35-23-11-8-16(13-20(23)26(27,28)29)12-19-18-4-2-3-5-22(18)31-24(19)32;/h2-11,13,19,21H,12,14,30H2,1H3,(H,31,32);1H/t19?,21-;/m0./s1. The highest BCUT2D eigenvalue weighted by atomic mass is 35.5. The van der Waals surface area contributed by atoms with Crippen LogP contribution in [-0.4, -0.2) is 25.0 Å². The zero-order chi connectivity index (χ0) is 25.2. The van der Waals surface area contributed by atoms with Gasteiger partial charge in [0.15, 0.2) is 0 Å². The minimum atomic E-state index is -4.66. The molecule has 0 bridgehead atoms. The van der Waals surface area contributed by atoms with E-state index in [1.54, 1.807) is 36.4 Å². The summed E-state index contributed by atoms with van der Waals surface area (Å²) >= 11 is 0. The number of rotatable bonds is 7. The van der Waals surface area contributed by atoms with Crippen molar-refractivity contribution in [3.05, 3.63) is 89.0 Å². The molecule has 0 fully saturated rings. The van der Waals surface area contributed by atoms with Crippen molar-refractivity contribution in [2.45, 2.75) is 31.0 Å². The van der Waals surface area contributed by atoms with Crippen LogP contribution >= 0.6 is 12.4 Å². The van der Waals surface area contributed by atoms with Crippen LogP contribution in [0.1, 0.15) is 28.2 Å². The summed E-state index contributed by atoms with van der Waals surface area (Å²) in [5.74, 6) is -1.52. The molecule has 6 nitrogen and oxygen atoms in total. The third kappa shape index (κ3) is 5.98. The second-order valence-electron chi connectivity index (χ2n) is 8.24. The maximum atomic E-state index is 13.9. The number of carbonyl (C=O) groups excluding carboxylic acids is 2. The maximum Gasteiger partial charge on any atom is 0.419 e. The Labute approximate surface area is 212 Å². The molecular formula is C26H24ClF3N2O4. The topological polar surface area (TPSA) is 90.7 Å². The molecule has 1 amide bonds. The summed E-state index contributed by atoms with van der Waals surface area (Å²) < 4.78 is 51.7. The van der Waals surface area contributed by atoms with Crippen molar-refractivity contribution in [3.63, 3.8) is 0 Å². The molecule has 10 heteroatoms. The summed E-state index contributed by atoms with van der Waals surface area (Å²) in [5.41, 5.74) is 7.32. The summed E-state index contributed by atoms with van der Waals surface area (Å²) in [6.45, 7) is 0. The van der Waals surface area contributed by atoms with Crippen LogP contribution in [0.25, 0.3) is 0 Å². The molecule has 3 aromatic rings. The summed E-state index contributed by atoms with van der Waals surface area (Å²) in [6, 6.07) is 16.4. The molecule has 0 aliphatic carbocycles. The molecule has 0 radical (unpaired) electrons. The molecule has 2 atom stereocenters. The third-order valence-corrected chi connectivity index (χ3v) is 5.81. The van der Waals surface area contributed by atoms with Gasteiger partial charge in [0, 0.05) is 5.69 Å². The highest BCUT2D eigenvalue weighted by Gasteiger charge is 2.36.